The third kappa shape index (κ3) is 3.95. The highest BCUT2D eigenvalue weighted by molar-refractivity contribution is 9.10. The predicted octanol–water partition coefficient (Wildman–Crippen LogP) is 2.38. The lowest BCUT2D eigenvalue weighted by molar-refractivity contribution is 0.0332. The molecular formula is C14H17BrN2O4. The van der Waals surface area contributed by atoms with Gasteiger partial charge in [-0.2, -0.15) is 0 Å². The molecule has 3 N–H and O–H groups in total. The van der Waals surface area contributed by atoms with Gasteiger partial charge in [0.05, 0.1) is 17.4 Å². The van der Waals surface area contributed by atoms with Crippen molar-refractivity contribution in [3.63, 3.8) is 0 Å². The molecule has 1 aliphatic carbocycles. The fourth-order valence-electron chi connectivity index (χ4n) is 2.33. The van der Waals surface area contributed by atoms with Crippen LogP contribution in [0.3, 0.4) is 0 Å². The Balaban J connectivity index is 2.00. The minimum atomic E-state index is -1.10. The minimum Gasteiger partial charge on any atom is -0.478 e. The van der Waals surface area contributed by atoms with Crippen LogP contribution in [0.25, 0.3) is 0 Å². The summed E-state index contributed by atoms with van der Waals surface area (Å²) in [5.41, 5.74) is 0.293. The van der Waals surface area contributed by atoms with Crippen LogP contribution in [0.5, 0.6) is 0 Å². The van der Waals surface area contributed by atoms with E-state index in [4.69, 9.17) is 5.11 Å². The van der Waals surface area contributed by atoms with Gasteiger partial charge in [-0.05, 0) is 37.0 Å². The van der Waals surface area contributed by atoms with Crippen molar-refractivity contribution < 1.29 is 19.8 Å². The maximum absolute atomic E-state index is 12.1. The number of hydrogen-bond acceptors (Lipinski definition) is 3. The van der Waals surface area contributed by atoms with E-state index in [1.165, 1.54) is 11.0 Å². The molecule has 0 bridgehead atoms. The summed E-state index contributed by atoms with van der Waals surface area (Å²) in [7, 11) is 1.65. The number of aliphatic hydroxyl groups is 1. The number of carboxylic acids is 1. The van der Waals surface area contributed by atoms with Crippen LogP contribution in [0.1, 0.15) is 23.2 Å². The molecule has 1 aliphatic rings. The highest BCUT2D eigenvalue weighted by atomic mass is 79.9. The lowest BCUT2D eigenvalue weighted by atomic mass is 9.82. The third-order valence-electron chi connectivity index (χ3n) is 3.54. The van der Waals surface area contributed by atoms with Crippen LogP contribution in [0, 0.1) is 5.92 Å². The largest absolute Gasteiger partial charge is 0.478 e. The standard InChI is InChI=1S/C14H17BrN2O4/c1-17(7-8-4-10(18)5-8)14(21)16-12-3-2-9(15)6-11(12)13(19)20/h2-3,6,8,10,18H,4-5,7H2,1H3,(H,16,21)(H,19,20). The lowest BCUT2D eigenvalue weighted by Gasteiger charge is -2.34. The van der Waals surface area contributed by atoms with Gasteiger partial charge in [-0.25, -0.2) is 9.59 Å². The first-order valence-corrected chi connectivity index (χ1v) is 7.39. The fraction of sp³-hybridized carbons (Fsp3) is 0.429. The number of aromatic carboxylic acids is 1. The monoisotopic (exact) mass is 356 g/mol. The number of carbonyl (C=O) groups excluding carboxylic acids is 1. The first-order chi connectivity index (χ1) is 9.86. The Kier molecular flexibility index (Phi) is 4.84. The summed E-state index contributed by atoms with van der Waals surface area (Å²) in [6.45, 7) is 0.543. The highest BCUT2D eigenvalue weighted by Gasteiger charge is 2.29. The number of anilines is 1. The number of nitrogens with one attached hydrogen (secondary N) is 1. The van der Waals surface area contributed by atoms with Crippen LogP contribution < -0.4 is 5.32 Å². The molecule has 0 saturated heterocycles. The molecule has 2 amide bonds. The second kappa shape index (κ2) is 6.44. The molecule has 7 heteroatoms. The Bertz CT molecular complexity index is 558. The van der Waals surface area contributed by atoms with Crippen molar-refractivity contribution in [1.82, 2.24) is 4.90 Å². The second-order valence-corrected chi connectivity index (χ2v) is 6.21. The van der Waals surface area contributed by atoms with E-state index in [-0.39, 0.29) is 23.4 Å². The molecule has 0 radical (unpaired) electrons. The Morgan fingerprint density at radius 2 is 2.10 bits per heavy atom. The van der Waals surface area contributed by atoms with Gasteiger partial charge in [0.1, 0.15) is 0 Å². The van der Waals surface area contributed by atoms with Crippen molar-refractivity contribution in [3.05, 3.63) is 28.2 Å². The molecule has 2 rings (SSSR count). The number of hydrogen-bond donors (Lipinski definition) is 3. The smallest absolute Gasteiger partial charge is 0.337 e. The number of amides is 2. The van der Waals surface area contributed by atoms with Gasteiger partial charge >= 0.3 is 12.0 Å². The maximum atomic E-state index is 12.1. The van der Waals surface area contributed by atoms with E-state index < -0.39 is 5.97 Å². The zero-order valence-corrected chi connectivity index (χ0v) is 13.1. The van der Waals surface area contributed by atoms with Crippen molar-refractivity contribution in [1.29, 1.82) is 0 Å². The minimum absolute atomic E-state index is 0.0326. The maximum Gasteiger partial charge on any atom is 0.337 e. The first kappa shape index (κ1) is 15.8. The molecule has 0 heterocycles. The fourth-order valence-corrected chi connectivity index (χ4v) is 2.69. The molecule has 6 nitrogen and oxygen atoms in total. The number of urea groups is 1. The molecule has 114 valence electrons. The van der Waals surface area contributed by atoms with Crippen LogP contribution in [0.4, 0.5) is 10.5 Å². The Hall–Kier alpha value is -1.60. The van der Waals surface area contributed by atoms with Gasteiger partial charge in [-0.1, -0.05) is 15.9 Å². The molecule has 1 saturated carbocycles. The molecule has 0 unspecified atom stereocenters. The summed E-state index contributed by atoms with van der Waals surface area (Å²) in [6, 6.07) is 4.30. The van der Waals surface area contributed by atoms with Gasteiger partial charge in [-0.15, -0.1) is 0 Å². The van der Waals surface area contributed by atoms with Crippen LogP contribution in [-0.2, 0) is 0 Å². The SMILES string of the molecule is CN(CC1CC(O)C1)C(=O)Nc1ccc(Br)cc1C(=O)O. The number of rotatable bonds is 4. The molecule has 1 aromatic rings. The summed E-state index contributed by atoms with van der Waals surface area (Å²) in [6.07, 6.45) is 1.16. The second-order valence-electron chi connectivity index (χ2n) is 5.30. The van der Waals surface area contributed by atoms with Gasteiger partial charge in [0.25, 0.3) is 0 Å². The van der Waals surface area contributed by atoms with Crippen molar-refractivity contribution in [2.45, 2.75) is 18.9 Å². The zero-order chi connectivity index (χ0) is 15.6. The normalized spacial score (nSPS) is 20.5. The average molecular weight is 357 g/mol. The van der Waals surface area contributed by atoms with Gasteiger partial charge in [0.15, 0.2) is 0 Å². The summed E-state index contributed by atoms with van der Waals surface area (Å²) >= 11 is 3.20. The quantitative estimate of drug-likeness (QED) is 0.772. The van der Waals surface area contributed by atoms with Gasteiger partial charge in [0, 0.05) is 18.1 Å². The van der Waals surface area contributed by atoms with Gasteiger partial charge < -0.3 is 20.4 Å². The average Bonchev–Trinajstić information content (AvgIpc) is 2.38. The van der Waals surface area contributed by atoms with E-state index in [2.05, 4.69) is 21.2 Å². The summed E-state index contributed by atoms with van der Waals surface area (Å²) in [4.78, 5) is 24.8. The highest BCUT2D eigenvalue weighted by Crippen LogP contribution is 2.28. The van der Waals surface area contributed by atoms with Crippen LogP contribution in [0.15, 0.2) is 22.7 Å². The van der Waals surface area contributed by atoms with E-state index >= 15 is 0 Å². The summed E-state index contributed by atoms with van der Waals surface area (Å²) in [5, 5.41) is 21.0. The van der Waals surface area contributed by atoms with Crippen LogP contribution in [-0.4, -0.2) is 46.8 Å². The molecule has 1 fully saturated rings. The number of benzene rings is 1. The van der Waals surface area contributed by atoms with Crippen molar-refractivity contribution in [3.8, 4) is 0 Å². The lowest BCUT2D eigenvalue weighted by Crippen LogP contribution is -2.41. The van der Waals surface area contributed by atoms with Crippen LogP contribution >= 0.6 is 15.9 Å². The number of carbonyl (C=O) groups is 2. The van der Waals surface area contributed by atoms with Crippen molar-refractivity contribution in [2.75, 3.05) is 18.9 Å². The molecule has 0 aromatic heterocycles. The van der Waals surface area contributed by atoms with Gasteiger partial charge in [-0.3, -0.25) is 0 Å². The van der Waals surface area contributed by atoms with E-state index in [9.17, 15) is 14.7 Å². The van der Waals surface area contributed by atoms with E-state index in [1.807, 2.05) is 0 Å². The zero-order valence-electron chi connectivity index (χ0n) is 11.5. The van der Waals surface area contributed by atoms with E-state index in [0.717, 1.165) is 0 Å². The Labute approximate surface area is 130 Å². The van der Waals surface area contributed by atoms with E-state index in [1.54, 1.807) is 19.2 Å². The molecule has 0 aliphatic heterocycles. The third-order valence-corrected chi connectivity index (χ3v) is 4.04. The Morgan fingerprint density at radius 1 is 1.43 bits per heavy atom. The predicted molar refractivity (Wildman–Crippen MR) is 81.5 cm³/mol. The van der Waals surface area contributed by atoms with E-state index in [0.29, 0.717) is 29.8 Å². The number of carboxylic acid groups (broad SMARTS) is 1. The molecule has 21 heavy (non-hydrogen) atoms. The molecular weight excluding hydrogens is 340 g/mol. The number of nitrogens with zero attached hydrogens (tertiary/aromatic N) is 1. The molecule has 0 atom stereocenters. The molecule has 0 spiro atoms. The Morgan fingerprint density at radius 3 is 2.67 bits per heavy atom. The first-order valence-electron chi connectivity index (χ1n) is 6.60. The number of halogens is 1. The summed E-state index contributed by atoms with van der Waals surface area (Å²) in [5.74, 6) is -0.795. The van der Waals surface area contributed by atoms with Crippen LogP contribution in [0.2, 0.25) is 0 Å². The number of aliphatic hydroxyl groups excluding tert-OH is 1. The van der Waals surface area contributed by atoms with Crippen molar-refractivity contribution >= 4 is 33.6 Å². The topological polar surface area (TPSA) is 89.9 Å². The summed E-state index contributed by atoms with van der Waals surface area (Å²) < 4.78 is 0.634. The van der Waals surface area contributed by atoms with Gasteiger partial charge in [0.2, 0.25) is 0 Å². The molecule has 1 aromatic carbocycles. The van der Waals surface area contributed by atoms with Crippen molar-refractivity contribution in [2.24, 2.45) is 5.92 Å².